The number of benzene rings is 2. The normalized spacial score (nSPS) is 16.0. The van der Waals surface area contributed by atoms with E-state index in [9.17, 15) is 14.7 Å². The van der Waals surface area contributed by atoms with E-state index in [-0.39, 0.29) is 6.04 Å². The van der Waals surface area contributed by atoms with Crippen molar-refractivity contribution >= 4 is 17.9 Å². The zero-order valence-corrected chi connectivity index (χ0v) is 19.0. The van der Waals surface area contributed by atoms with E-state index in [1.54, 1.807) is 6.20 Å². The number of anilines is 1. The second-order valence-corrected chi connectivity index (χ2v) is 9.10. The molecule has 1 fully saturated rings. The maximum absolute atomic E-state index is 12.1. The molecular formula is C25H28N4O4. The largest absolute Gasteiger partial charge is 0.465 e. The summed E-state index contributed by atoms with van der Waals surface area (Å²) in [5.74, 6) is 0.676. The quantitative estimate of drug-likeness (QED) is 0.460. The number of ether oxygens (including phenoxy) is 1. The molecule has 1 aliphatic heterocycles. The van der Waals surface area contributed by atoms with E-state index >= 15 is 0 Å². The smallest absolute Gasteiger partial charge is 0.412 e. The lowest BCUT2D eigenvalue weighted by Crippen LogP contribution is -2.29. The summed E-state index contributed by atoms with van der Waals surface area (Å²) < 4.78 is 5.32. The number of hydrogen-bond donors (Lipinski definition) is 3. The van der Waals surface area contributed by atoms with Gasteiger partial charge in [-0.05, 0) is 62.4 Å². The summed E-state index contributed by atoms with van der Waals surface area (Å²) in [4.78, 5) is 32.6. The third-order valence-electron chi connectivity index (χ3n) is 5.45. The predicted molar refractivity (Wildman–Crippen MR) is 126 cm³/mol. The van der Waals surface area contributed by atoms with Crippen LogP contribution in [0.2, 0.25) is 0 Å². The summed E-state index contributed by atoms with van der Waals surface area (Å²) in [6.45, 7) is 6.00. The highest BCUT2D eigenvalue weighted by molar-refractivity contribution is 5.86. The summed E-state index contributed by atoms with van der Waals surface area (Å²) in [6.07, 6.45) is 1.95. The number of amides is 2. The zero-order chi connectivity index (χ0) is 23.6. The fourth-order valence-electron chi connectivity index (χ4n) is 3.97. The maximum Gasteiger partial charge on any atom is 0.412 e. The first kappa shape index (κ1) is 22.4. The molecule has 0 bridgehead atoms. The van der Waals surface area contributed by atoms with Gasteiger partial charge in [-0.15, -0.1) is 0 Å². The van der Waals surface area contributed by atoms with Gasteiger partial charge in [0.05, 0.1) is 17.9 Å². The van der Waals surface area contributed by atoms with Crippen LogP contribution in [0.1, 0.15) is 45.5 Å². The zero-order valence-electron chi connectivity index (χ0n) is 19.0. The number of likely N-dealkylation sites (tertiary alicyclic amines) is 1. The monoisotopic (exact) mass is 448 g/mol. The molecule has 33 heavy (non-hydrogen) atoms. The highest BCUT2D eigenvalue weighted by atomic mass is 16.6. The van der Waals surface area contributed by atoms with Gasteiger partial charge in [-0.2, -0.15) is 0 Å². The van der Waals surface area contributed by atoms with Crippen LogP contribution in [0.15, 0.2) is 54.7 Å². The fraction of sp³-hybridized carbons (Fsp3) is 0.320. The van der Waals surface area contributed by atoms with Crippen LogP contribution in [-0.2, 0) is 4.74 Å². The molecule has 172 valence electrons. The number of hydrogen-bond acceptors (Lipinski definition) is 4. The second-order valence-electron chi connectivity index (χ2n) is 9.10. The first-order valence-corrected chi connectivity index (χ1v) is 10.9. The van der Waals surface area contributed by atoms with Gasteiger partial charge < -0.3 is 14.8 Å². The molecule has 0 radical (unpaired) electrons. The van der Waals surface area contributed by atoms with E-state index in [1.165, 1.54) is 4.90 Å². The van der Waals surface area contributed by atoms with E-state index in [0.717, 1.165) is 35.2 Å². The summed E-state index contributed by atoms with van der Waals surface area (Å²) >= 11 is 0. The van der Waals surface area contributed by atoms with Crippen molar-refractivity contribution in [3.63, 3.8) is 0 Å². The molecule has 0 spiro atoms. The summed E-state index contributed by atoms with van der Waals surface area (Å²) in [7, 11) is 0. The van der Waals surface area contributed by atoms with Crippen LogP contribution < -0.4 is 5.32 Å². The number of carbonyl (C=O) groups excluding carboxylic acids is 1. The lowest BCUT2D eigenvalue weighted by Gasteiger charge is -2.19. The van der Waals surface area contributed by atoms with E-state index < -0.39 is 17.8 Å². The van der Waals surface area contributed by atoms with Crippen LogP contribution in [0.25, 0.3) is 22.4 Å². The number of aromatic amines is 1. The van der Waals surface area contributed by atoms with Crippen LogP contribution in [0.3, 0.4) is 0 Å². The van der Waals surface area contributed by atoms with Crippen molar-refractivity contribution in [2.24, 2.45) is 0 Å². The third-order valence-corrected chi connectivity index (χ3v) is 5.45. The van der Waals surface area contributed by atoms with E-state index in [1.807, 2.05) is 69.3 Å². The molecule has 1 saturated heterocycles. The molecule has 3 N–H and O–H groups in total. The summed E-state index contributed by atoms with van der Waals surface area (Å²) in [5.41, 5.74) is 3.86. The number of rotatable bonds is 4. The van der Waals surface area contributed by atoms with Gasteiger partial charge in [-0.25, -0.2) is 14.6 Å². The highest BCUT2D eigenvalue weighted by Crippen LogP contribution is 2.32. The number of carboxylic acid groups (broad SMARTS) is 1. The van der Waals surface area contributed by atoms with Gasteiger partial charge in [0.25, 0.3) is 0 Å². The van der Waals surface area contributed by atoms with Crippen molar-refractivity contribution in [2.75, 3.05) is 11.9 Å². The van der Waals surface area contributed by atoms with Crippen LogP contribution in [0, 0.1) is 0 Å². The van der Waals surface area contributed by atoms with Crippen molar-refractivity contribution in [1.29, 1.82) is 0 Å². The van der Waals surface area contributed by atoms with Crippen molar-refractivity contribution in [2.45, 2.75) is 45.3 Å². The van der Waals surface area contributed by atoms with E-state index in [0.29, 0.717) is 18.1 Å². The van der Waals surface area contributed by atoms with E-state index in [4.69, 9.17) is 4.74 Å². The molecule has 1 aromatic heterocycles. The highest BCUT2D eigenvalue weighted by Gasteiger charge is 2.31. The van der Waals surface area contributed by atoms with E-state index in [2.05, 4.69) is 15.3 Å². The Hall–Kier alpha value is -3.81. The molecule has 2 aromatic carbocycles. The van der Waals surface area contributed by atoms with Gasteiger partial charge in [-0.1, -0.05) is 36.4 Å². The van der Waals surface area contributed by atoms with Gasteiger partial charge in [0.2, 0.25) is 0 Å². The molecule has 1 aliphatic rings. The molecule has 2 heterocycles. The molecule has 1 unspecified atom stereocenters. The Labute approximate surface area is 192 Å². The second kappa shape index (κ2) is 8.97. The fourth-order valence-corrected chi connectivity index (χ4v) is 3.97. The summed E-state index contributed by atoms with van der Waals surface area (Å²) in [6, 6.07) is 15.3. The standard InChI is InChI=1S/C25H28N4O4/c1-25(2,3)33-23(30)27-19-7-4-6-18(14-19)16-9-11-17(12-10-16)20-15-26-22(28-20)21-8-5-13-29(21)24(31)32/h4,6-7,9-12,14-15,21H,5,8,13H2,1-3H3,(H,26,28)(H,27,30)(H,31,32). The number of H-pyrrole nitrogens is 1. The Kier molecular flexibility index (Phi) is 6.09. The minimum atomic E-state index is -0.914. The molecule has 0 aliphatic carbocycles. The lowest BCUT2D eigenvalue weighted by atomic mass is 10.0. The third kappa shape index (κ3) is 5.34. The van der Waals surface area contributed by atoms with Crippen LogP contribution in [-0.4, -0.2) is 44.3 Å². The van der Waals surface area contributed by atoms with Gasteiger partial charge >= 0.3 is 12.2 Å². The molecule has 8 nitrogen and oxygen atoms in total. The topological polar surface area (TPSA) is 108 Å². The van der Waals surface area contributed by atoms with Gasteiger partial charge in [-0.3, -0.25) is 10.2 Å². The Morgan fingerprint density at radius 3 is 2.55 bits per heavy atom. The molecule has 4 rings (SSSR count). The average Bonchev–Trinajstić information content (AvgIpc) is 3.42. The molecule has 3 aromatic rings. The van der Waals surface area contributed by atoms with Crippen molar-refractivity contribution in [1.82, 2.24) is 14.9 Å². The Morgan fingerprint density at radius 2 is 1.85 bits per heavy atom. The number of aromatic nitrogens is 2. The first-order chi connectivity index (χ1) is 15.7. The SMILES string of the molecule is CC(C)(C)OC(=O)Nc1cccc(-c2ccc(-c3cnc(C4CCCN4C(=O)O)[nH]3)cc2)c1. The molecular weight excluding hydrogens is 420 g/mol. The minimum absolute atomic E-state index is 0.226. The average molecular weight is 449 g/mol. The number of nitrogens with one attached hydrogen (secondary N) is 2. The molecule has 2 amide bonds. The Balaban J connectivity index is 1.48. The van der Waals surface area contributed by atoms with Gasteiger partial charge in [0.1, 0.15) is 11.4 Å². The molecule has 1 atom stereocenters. The van der Waals surface area contributed by atoms with Gasteiger partial charge in [0.15, 0.2) is 0 Å². The van der Waals surface area contributed by atoms with Crippen LogP contribution >= 0.6 is 0 Å². The minimum Gasteiger partial charge on any atom is -0.465 e. The first-order valence-electron chi connectivity index (χ1n) is 10.9. The maximum atomic E-state index is 12.1. The van der Waals surface area contributed by atoms with Crippen LogP contribution in [0.4, 0.5) is 15.3 Å². The lowest BCUT2D eigenvalue weighted by molar-refractivity contribution is 0.0636. The summed E-state index contributed by atoms with van der Waals surface area (Å²) in [5, 5.41) is 12.1. The molecule has 8 heteroatoms. The molecule has 0 saturated carbocycles. The predicted octanol–water partition coefficient (Wildman–Crippen LogP) is 5.91. The number of imidazole rings is 1. The Bertz CT molecular complexity index is 1150. The van der Waals surface area contributed by atoms with Gasteiger partial charge in [0, 0.05) is 12.2 Å². The van der Waals surface area contributed by atoms with Crippen molar-refractivity contribution in [3.8, 4) is 22.4 Å². The Morgan fingerprint density at radius 1 is 1.12 bits per heavy atom. The van der Waals surface area contributed by atoms with Crippen LogP contribution in [0.5, 0.6) is 0 Å². The van der Waals surface area contributed by atoms with Crippen molar-refractivity contribution in [3.05, 3.63) is 60.6 Å². The number of nitrogens with zero attached hydrogens (tertiary/aromatic N) is 2. The van der Waals surface area contributed by atoms with Crippen molar-refractivity contribution < 1.29 is 19.4 Å². The number of carbonyl (C=O) groups is 2.